The number of nitrogens with zero attached hydrogens (tertiary/aromatic N) is 1. The summed E-state index contributed by atoms with van der Waals surface area (Å²) in [6.07, 6.45) is 1.23. The average Bonchev–Trinajstić information content (AvgIpc) is 2.81. The van der Waals surface area contributed by atoms with Crippen molar-refractivity contribution in [2.24, 2.45) is 5.73 Å². The second-order valence-corrected chi connectivity index (χ2v) is 4.53. The van der Waals surface area contributed by atoms with Gasteiger partial charge in [0.1, 0.15) is 5.75 Å². The highest BCUT2D eigenvalue weighted by atomic mass is 16.5. The summed E-state index contributed by atoms with van der Waals surface area (Å²) < 4.78 is 5.71. The third-order valence-corrected chi connectivity index (χ3v) is 3.13. The topological polar surface area (TPSA) is 55.6 Å². The number of carbonyl (C=O) groups is 1. The van der Waals surface area contributed by atoms with Crippen molar-refractivity contribution < 1.29 is 9.53 Å². The molecule has 1 aliphatic heterocycles. The minimum absolute atomic E-state index is 0.0542. The van der Waals surface area contributed by atoms with Gasteiger partial charge in [0.05, 0.1) is 0 Å². The number of rotatable bonds is 5. The molecule has 1 amide bonds. The average molecular weight is 248 g/mol. The fraction of sp³-hybridized carbons (Fsp3) is 0.500. The van der Waals surface area contributed by atoms with Crippen LogP contribution in [0.3, 0.4) is 0 Å². The Morgan fingerprint density at radius 3 is 2.89 bits per heavy atom. The molecular formula is C14H20N2O2. The first-order chi connectivity index (χ1) is 8.76. The van der Waals surface area contributed by atoms with Crippen LogP contribution in [0.5, 0.6) is 5.75 Å². The van der Waals surface area contributed by atoms with Crippen LogP contribution in [0.2, 0.25) is 0 Å². The maximum Gasteiger partial charge on any atom is 0.264 e. The molecule has 0 saturated carbocycles. The summed E-state index contributed by atoms with van der Waals surface area (Å²) in [5, 5.41) is 0. The minimum Gasteiger partial charge on any atom is -0.480 e. The first-order valence-electron chi connectivity index (χ1n) is 6.49. The second-order valence-electron chi connectivity index (χ2n) is 4.53. The molecular weight excluding hydrogens is 228 g/mol. The highest BCUT2D eigenvalue weighted by Gasteiger charge is 2.31. The quantitative estimate of drug-likeness (QED) is 0.851. The molecule has 18 heavy (non-hydrogen) atoms. The number of nitrogens with two attached hydrogens (primary N) is 1. The molecule has 0 bridgehead atoms. The van der Waals surface area contributed by atoms with Crippen LogP contribution in [0.4, 0.5) is 0 Å². The summed E-state index contributed by atoms with van der Waals surface area (Å²) in [6, 6.07) is 7.82. The molecule has 4 heteroatoms. The fourth-order valence-corrected chi connectivity index (χ4v) is 2.28. The van der Waals surface area contributed by atoms with Gasteiger partial charge in [-0.1, -0.05) is 25.1 Å². The van der Waals surface area contributed by atoms with E-state index in [1.165, 1.54) is 0 Å². The molecule has 4 nitrogen and oxygen atoms in total. The molecule has 1 aromatic rings. The molecule has 0 radical (unpaired) electrons. The largest absolute Gasteiger partial charge is 0.480 e. The SMILES string of the molecule is CCCN(CCN)C(=O)C1Cc2ccccc2O1. The van der Waals surface area contributed by atoms with Gasteiger partial charge in [0.25, 0.3) is 5.91 Å². The molecule has 0 fully saturated rings. The minimum atomic E-state index is -0.375. The lowest BCUT2D eigenvalue weighted by molar-refractivity contribution is -0.137. The number of benzene rings is 1. The zero-order chi connectivity index (χ0) is 13.0. The van der Waals surface area contributed by atoms with Crippen LogP contribution in [0.15, 0.2) is 24.3 Å². The van der Waals surface area contributed by atoms with E-state index in [1.807, 2.05) is 24.3 Å². The van der Waals surface area contributed by atoms with Gasteiger partial charge >= 0.3 is 0 Å². The van der Waals surface area contributed by atoms with Gasteiger partial charge in [-0.25, -0.2) is 0 Å². The first-order valence-corrected chi connectivity index (χ1v) is 6.49. The van der Waals surface area contributed by atoms with E-state index < -0.39 is 0 Å². The van der Waals surface area contributed by atoms with Gasteiger partial charge in [0.15, 0.2) is 6.10 Å². The first kappa shape index (κ1) is 12.9. The van der Waals surface area contributed by atoms with Crippen molar-refractivity contribution in [3.8, 4) is 5.75 Å². The Bertz CT molecular complexity index is 389. The van der Waals surface area contributed by atoms with E-state index in [0.29, 0.717) is 19.5 Å². The monoisotopic (exact) mass is 248 g/mol. The highest BCUT2D eigenvalue weighted by Crippen LogP contribution is 2.28. The van der Waals surface area contributed by atoms with Crippen molar-refractivity contribution in [1.29, 1.82) is 0 Å². The Morgan fingerprint density at radius 2 is 2.22 bits per heavy atom. The van der Waals surface area contributed by atoms with Crippen molar-refractivity contribution in [2.45, 2.75) is 25.9 Å². The molecule has 0 saturated heterocycles. The molecule has 1 atom stereocenters. The van der Waals surface area contributed by atoms with E-state index >= 15 is 0 Å². The molecule has 1 heterocycles. The molecule has 0 aromatic heterocycles. The predicted molar refractivity (Wildman–Crippen MR) is 70.5 cm³/mol. The summed E-state index contributed by atoms with van der Waals surface area (Å²) in [5.74, 6) is 0.888. The number of para-hydroxylation sites is 1. The molecule has 2 N–H and O–H groups in total. The Hall–Kier alpha value is -1.55. The summed E-state index contributed by atoms with van der Waals surface area (Å²) in [4.78, 5) is 14.1. The lowest BCUT2D eigenvalue weighted by atomic mass is 10.1. The fourth-order valence-electron chi connectivity index (χ4n) is 2.28. The van der Waals surface area contributed by atoms with Crippen LogP contribution in [-0.2, 0) is 11.2 Å². The van der Waals surface area contributed by atoms with Gasteiger partial charge in [0.2, 0.25) is 0 Å². The number of hydrogen-bond acceptors (Lipinski definition) is 3. The predicted octanol–water partition coefficient (Wildman–Crippen LogP) is 1.19. The Morgan fingerprint density at radius 1 is 1.44 bits per heavy atom. The summed E-state index contributed by atoms with van der Waals surface area (Å²) in [7, 11) is 0. The lowest BCUT2D eigenvalue weighted by Gasteiger charge is -2.24. The van der Waals surface area contributed by atoms with E-state index in [-0.39, 0.29) is 12.0 Å². The standard InChI is InChI=1S/C14H20N2O2/c1-2-8-16(9-7-15)14(17)13-10-11-5-3-4-6-12(11)18-13/h3-6,13H,2,7-10,15H2,1H3. The van der Waals surface area contributed by atoms with Crippen molar-refractivity contribution in [3.05, 3.63) is 29.8 Å². The summed E-state index contributed by atoms with van der Waals surface area (Å²) in [5.41, 5.74) is 6.66. The molecule has 1 unspecified atom stereocenters. The van der Waals surface area contributed by atoms with Crippen LogP contribution in [-0.4, -0.2) is 36.5 Å². The van der Waals surface area contributed by atoms with Crippen LogP contribution in [0, 0.1) is 0 Å². The molecule has 1 aliphatic rings. The Balaban J connectivity index is 2.03. The molecule has 1 aromatic carbocycles. The van der Waals surface area contributed by atoms with Crippen LogP contribution < -0.4 is 10.5 Å². The van der Waals surface area contributed by atoms with Gasteiger partial charge in [-0.05, 0) is 18.1 Å². The summed E-state index contributed by atoms with van der Waals surface area (Å²) in [6.45, 7) is 3.89. The molecule has 0 spiro atoms. The summed E-state index contributed by atoms with van der Waals surface area (Å²) >= 11 is 0. The van der Waals surface area contributed by atoms with Gasteiger partial charge in [0, 0.05) is 26.1 Å². The second kappa shape index (κ2) is 5.87. The Labute approximate surface area is 108 Å². The van der Waals surface area contributed by atoms with Gasteiger partial charge < -0.3 is 15.4 Å². The number of ether oxygens (including phenoxy) is 1. The highest BCUT2D eigenvalue weighted by molar-refractivity contribution is 5.82. The van der Waals surface area contributed by atoms with Crippen molar-refractivity contribution in [3.63, 3.8) is 0 Å². The van der Waals surface area contributed by atoms with E-state index in [1.54, 1.807) is 4.90 Å². The van der Waals surface area contributed by atoms with Crippen molar-refractivity contribution in [1.82, 2.24) is 4.90 Å². The molecule has 0 aliphatic carbocycles. The third kappa shape index (κ3) is 2.64. The number of hydrogen-bond donors (Lipinski definition) is 1. The van der Waals surface area contributed by atoms with E-state index in [0.717, 1.165) is 24.3 Å². The van der Waals surface area contributed by atoms with E-state index in [4.69, 9.17) is 10.5 Å². The molecule has 98 valence electrons. The van der Waals surface area contributed by atoms with Gasteiger partial charge in [-0.2, -0.15) is 0 Å². The number of amides is 1. The van der Waals surface area contributed by atoms with Gasteiger partial charge in [-0.3, -0.25) is 4.79 Å². The normalized spacial score (nSPS) is 17.1. The van der Waals surface area contributed by atoms with Crippen LogP contribution in [0.1, 0.15) is 18.9 Å². The van der Waals surface area contributed by atoms with E-state index in [2.05, 4.69) is 6.92 Å². The zero-order valence-corrected chi connectivity index (χ0v) is 10.8. The number of fused-ring (bicyclic) bond motifs is 1. The van der Waals surface area contributed by atoms with Crippen molar-refractivity contribution >= 4 is 5.91 Å². The van der Waals surface area contributed by atoms with Gasteiger partial charge in [-0.15, -0.1) is 0 Å². The number of carbonyl (C=O) groups excluding carboxylic acids is 1. The molecule has 2 rings (SSSR count). The Kier molecular flexibility index (Phi) is 4.20. The maximum absolute atomic E-state index is 12.3. The van der Waals surface area contributed by atoms with Crippen LogP contribution in [0.25, 0.3) is 0 Å². The van der Waals surface area contributed by atoms with Crippen LogP contribution >= 0.6 is 0 Å². The lowest BCUT2D eigenvalue weighted by Crippen LogP contribution is -2.44. The van der Waals surface area contributed by atoms with Crippen molar-refractivity contribution in [2.75, 3.05) is 19.6 Å². The van der Waals surface area contributed by atoms with E-state index in [9.17, 15) is 4.79 Å². The smallest absolute Gasteiger partial charge is 0.264 e. The zero-order valence-electron chi connectivity index (χ0n) is 10.8. The third-order valence-electron chi connectivity index (χ3n) is 3.13. The maximum atomic E-state index is 12.3.